The Balaban J connectivity index is 1.89. The van der Waals surface area contributed by atoms with Crippen molar-refractivity contribution in [1.82, 2.24) is 20.2 Å². The number of aromatic amines is 1. The molecular weight excluding hydrogens is 261 g/mol. The number of alkyl halides is 3. The van der Waals surface area contributed by atoms with Gasteiger partial charge in [-0.15, -0.1) is 0 Å². The maximum absolute atomic E-state index is 12.0. The lowest BCUT2D eigenvalue weighted by atomic mass is 10.2. The van der Waals surface area contributed by atoms with Gasteiger partial charge in [0.05, 0.1) is 11.6 Å². The summed E-state index contributed by atoms with van der Waals surface area (Å²) in [5.41, 5.74) is 6.00. The fourth-order valence-electron chi connectivity index (χ4n) is 1.64. The van der Waals surface area contributed by atoms with Crippen LogP contribution in [0.5, 0.6) is 0 Å². The van der Waals surface area contributed by atoms with Gasteiger partial charge in [-0.3, -0.25) is 5.10 Å². The summed E-state index contributed by atoms with van der Waals surface area (Å²) in [7, 11) is 0. The Labute approximate surface area is 106 Å². The van der Waals surface area contributed by atoms with Crippen LogP contribution < -0.4 is 11.1 Å². The summed E-state index contributed by atoms with van der Waals surface area (Å²) in [6.07, 6.45) is -2.87. The molecule has 0 spiro atoms. The van der Waals surface area contributed by atoms with Gasteiger partial charge in [0, 0.05) is 13.0 Å². The number of nitrogens with one attached hydrogen (secondary N) is 2. The van der Waals surface area contributed by atoms with Gasteiger partial charge in [-0.2, -0.15) is 28.2 Å². The number of aromatic nitrogens is 4. The number of rotatable bonds is 5. The summed E-state index contributed by atoms with van der Waals surface area (Å²) in [4.78, 5) is 7.93. The highest BCUT2D eigenvalue weighted by molar-refractivity contribution is 5.86. The average Bonchev–Trinajstić information content (AvgIpc) is 2.74. The molecule has 0 saturated carbocycles. The van der Waals surface area contributed by atoms with Crippen molar-refractivity contribution >= 4 is 22.8 Å². The Hall–Kier alpha value is -2.06. The molecule has 0 radical (unpaired) electrons. The van der Waals surface area contributed by atoms with E-state index in [2.05, 4.69) is 25.5 Å². The number of nitrogens with two attached hydrogens (primary N) is 1. The first-order valence-electron chi connectivity index (χ1n) is 5.73. The Morgan fingerprint density at radius 3 is 2.79 bits per heavy atom. The van der Waals surface area contributed by atoms with Gasteiger partial charge in [0.15, 0.2) is 5.65 Å². The SMILES string of the molecule is Nc1nc(NCCCCC(F)(F)F)c2cn[nH]c2n1. The van der Waals surface area contributed by atoms with Crippen LogP contribution in [0.25, 0.3) is 11.0 Å². The van der Waals surface area contributed by atoms with E-state index in [9.17, 15) is 13.2 Å². The number of halogens is 3. The summed E-state index contributed by atoms with van der Waals surface area (Å²) in [5, 5.41) is 10.1. The average molecular weight is 274 g/mol. The monoisotopic (exact) mass is 274 g/mol. The van der Waals surface area contributed by atoms with Crippen molar-refractivity contribution in [1.29, 1.82) is 0 Å². The van der Waals surface area contributed by atoms with Crippen LogP contribution in [0.4, 0.5) is 24.9 Å². The van der Waals surface area contributed by atoms with Gasteiger partial charge in [-0.1, -0.05) is 0 Å². The normalized spacial score (nSPS) is 11.9. The molecule has 0 aromatic carbocycles. The van der Waals surface area contributed by atoms with Crippen LogP contribution in [0.1, 0.15) is 19.3 Å². The molecule has 104 valence electrons. The topological polar surface area (TPSA) is 92.5 Å². The lowest BCUT2D eigenvalue weighted by molar-refractivity contribution is -0.135. The minimum atomic E-state index is -4.10. The number of nitrogen functional groups attached to an aromatic ring is 1. The molecule has 2 aromatic heterocycles. The molecule has 2 rings (SSSR count). The number of H-pyrrole nitrogens is 1. The van der Waals surface area contributed by atoms with E-state index in [0.717, 1.165) is 0 Å². The first kappa shape index (κ1) is 13.4. The van der Waals surface area contributed by atoms with Gasteiger partial charge in [0.2, 0.25) is 5.95 Å². The summed E-state index contributed by atoms with van der Waals surface area (Å²) in [6.45, 7) is 0.382. The fraction of sp³-hybridized carbons (Fsp3) is 0.500. The third-order valence-corrected chi connectivity index (χ3v) is 2.51. The molecule has 0 amide bonds. The third kappa shape index (κ3) is 3.70. The van der Waals surface area contributed by atoms with E-state index in [1.54, 1.807) is 0 Å². The molecule has 0 saturated heterocycles. The van der Waals surface area contributed by atoms with Gasteiger partial charge in [0.25, 0.3) is 0 Å². The van der Waals surface area contributed by atoms with E-state index in [4.69, 9.17) is 5.73 Å². The zero-order valence-electron chi connectivity index (χ0n) is 9.96. The van der Waals surface area contributed by atoms with Crippen molar-refractivity contribution in [2.45, 2.75) is 25.4 Å². The predicted molar refractivity (Wildman–Crippen MR) is 64.5 cm³/mol. The zero-order chi connectivity index (χ0) is 13.9. The van der Waals surface area contributed by atoms with Crippen molar-refractivity contribution in [3.8, 4) is 0 Å². The smallest absolute Gasteiger partial charge is 0.369 e. The Kier molecular flexibility index (Phi) is 3.72. The van der Waals surface area contributed by atoms with Gasteiger partial charge in [0.1, 0.15) is 5.82 Å². The van der Waals surface area contributed by atoms with Gasteiger partial charge < -0.3 is 11.1 Å². The molecule has 2 aromatic rings. The van der Waals surface area contributed by atoms with Crippen molar-refractivity contribution in [3.05, 3.63) is 6.20 Å². The van der Waals surface area contributed by atoms with Crippen LogP contribution in [-0.2, 0) is 0 Å². The molecule has 4 N–H and O–H groups in total. The van der Waals surface area contributed by atoms with Gasteiger partial charge in [-0.05, 0) is 12.8 Å². The van der Waals surface area contributed by atoms with Crippen LogP contribution in [0.3, 0.4) is 0 Å². The molecule has 0 aliphatic heterocycles. The van der Waals surface area contributed by atoms with Crippen LogP contribution in [-0.4, -0.2) is 32.9 Å². The number of hydrogen-bond donors (Lipinski definition) is 3. The molecule has 2 heterocycles. The molecule has 0 aliphatic rings. The summed E-state index contributed by atoms with van der Waals surface area (Å²) < 4.78 is 35.9. The number of hydrogen-bond acceptors (Lipinski definition) is 5. The van der Waals surface area contributed by atoms with Crippen molar-refractivity contribution in [3.63, 3.8) is 0 Å². The van der Waals surface area contributed by atoms with E-state index in [1.165, 1.54) is 6.20 Å². The second-order valence-electron chi connectivity index (χ2n) is 4.06. The van der Waals surface area contributed by atoms with Crippen LogP contribution in [0.2, 0.25) is 0 Å². The van der Waals surface area contributed by atoms with Crippen molar-refractivity contribution in [2.75, 3.05) is 17.6 Å². The minimum Gasteiger partial charge on any atom is -0.369 e. The Morgan fingerprint density at radius 2 is 2.05 bits per heavy atom. The van der Waals surface area contributed by atoms with Crippen molar-refractivity contribution in [2.24, 2.45) is 0 Å². The summed E-state index contributed by atoms with van der Waals surface area (Å²) in [5.74, 6) is 0.554. The van der Waals surface area contributed by atoms with E-state index < -0.39 is 12.6 Å². The van der Waals surface area contributed by atoms with Crippen LogP contribution in [0, 0.1) is 0 Å². The first-order chi connectivity index (χ1) is 8.96. The zero-order valence-corrected chi connectivity index (χ0v) is 9.96. The molecular formula is C10H13F3N6. The van der Waals surface area contributed by atoms with E-state index in [1.807, 2.05) is 0 Å². The largest absolute Gasteiger partial charge is 0.389 e. The van der Waals surface area contributed by atoms with E-state index in [-0.39, 0.29) is 12.4 Å². The maximum atomic E-state index is 12.0. The minimum absolute atomic E-state index is 0.0750. The molecule has 19 heavy (non-hydrogen) atoms. The second kappa shape index (κ2) is 5.29. The quantitative estimate of drug-likeness (QED) is 0.726. The number of nitrogens with zero attached hydrogens (tertiary/aromatic N) is 3. The lowest BCUT2D eigenvalue weighted by Gasteiger charge is -2.08. The van der Waals surface area contributed by atoms with Gasteiger partial charge >= 0.3 is 6.18 Å². The highest BCUT2D eigenvalue weighted by atomic mass is 19.4. The molecule has 0 atom stereocenters. The van der Waals surface area contributed by atoms with E-state index in [0.29, 0.717) is 29.8 Å². The van der Waals surface area contributed by atoms with E-state index >= 15 is 0 Å². The second-order valence-corrected chi connectivity index (χ2v) is 4.06. The predicted octanol–water partition coefficient (Wildman–Crippen LogP) is 2.08. The third-order valence-electron chi connectivity index (χ3n) is 2.51. The molecule has 0 fully saturated rings. The molecule has 0 aliphatic carbocycles. The van der Waals surface area contributed by atoms with Crippen LogP contribution >= 0.6 is 0 Å². The molecule has 0 unspecified atom stereocenters. The van der Waals surface area contributed by atoms with Gasteiger partial charge in [-0.25, -0.2) is 0 Å². The lowest BCUT2D eigenvalue weighted by Crippen LogP contribution is -2.10. The maximum Gasteiger partial charge on any atom is 0.389 e. The molecule has 6 nitrogen and oxygen atoms in total. The van der Waals surface area contributed by atoms with Crippen molar-refractivity contribution < 1.29 is 13.2 Å². The number of fused-ring (bicyclic) bond motifs is 1. The summed E-state index contributed by atoms with van der Waals surface area (Å²) in [6, 6.07) is 0. The molecule has 9 heteroatoms. The Morgan fingerprint density at radius 1 is 1.26 bits per heavy atom. The number of unbranched alkanes of at least 4 members (excludes halogenated alkanes) is 1. The fourth-order valence-corrected chi connectivity index (χ4v) is 1.64. The van der Waals surface area contributed by atoms with Crippen LogP contribution in [0.15, 0.2) is 6.20 Å². The standard InChI is InChI=1S/C10H13F3N6/c11-10(12,13)3-1-2-4-15-7-6-5-16-19-8(6)18-9(14)17-7/h5H,1-4H2,(H4,14,15,16,17,18,19). The highest BCUT2D eigenvalue weighted by Crippen LogP contribution is 2.22. The first-order valence-corrected chi connectivity index (χ1v) is 5.73. The summed E-state index contributed by atoms with van der Waals surface area (Å²) >= 11 is 0. The molecule has 0 bridgehead atoms. The number of anilines is 2. The highest BCUT2D eigenvalue weighted by Gasteiger charge is 2.25. The Bertz CT molecular complexity index is 550.